The minimum Gasteiger partial charge on any atom is -0.419 e. The Morgan fingerprint density at radius 1 is 1.38 bits per heavy atom. The summed E-state index contributed by atoms with van der Waals surface area (Å²) in [5, 5.41) is 7.20. The molecule has 1 radical (unpaired) electrons. The van der Waals surface area contributed by atoms with Crippen molar-refractivity contribution in [3.63, 3.8) is 0 Å². The van der Waals surface area contributed by atoms with E-state index in [4.69, 9.17) is 4.42 Å². The van der Waals surface area contributed by atoms with E-state index in [2.05, 4.69) is 21.2 Å². The fourth-order valence-corrected chi connectivity index (χ4v) is 1.05. The quantitative estimate of drug-likeness (QED) is 0.612. The summed E-state index contributed by atoms with van der Waals surface area (Å²) < 4.78 is 5.00. The number of ketones is 1. The van der Waals surface area contributed by atoms with Crippen LogP contribution in [-0.4, -0.2) is 21.0 Å². The normalized spacial score (nSPS) is 9.62. The van der Waals surface area contributed by atoms with E-state index < -0.39 is 0 Å². The molecule has 6 heteroatoms. The van der Waals surface area contributed by atoms with E-state index in [1.54, 1.807) is 13.1 Å². The van der Waals surface area contributed by atoms with Crippen molar-refractivity contribution in [3.8, 4) is 0 Å². The molecule has 2 heterocycles. The number of aromatic nitrogens is 3. The second-order valence-corrected chi connectivity index (χ2v) is 3.07. The van der Waals surface area contributed by atoms with Crippen molar-refractivity contribution in [2.24, 2.45) is 0 Å². The van der Waals surface area contributed by atoms with Crippen LogP contribution in [0.3, 0.4) is 0 Å². The first-order valence-corrected chi connectivity index (χ1v) is 4.36. The third kappa shape index (κ3) is 2.80. The van der Waals surface area contributed by atoms with Crippen molar-refractivity contribution in [3.05, 3.63) is 41.4 Å². The second-order valence-electron chi connectivity index (χ2n) is 3.07. The molecule has 2 aromatic rings. The zero-order valence-electron chi connectivity index (χ0n) is 8.89. The Kier molecular flexibility index (Phi) is 4.44. The van der Waals surface area contributed by atoms with Crippen LogP contribution in [0, 0.1) is 19.9 Å². The van der Waals surface area contributed by atoms with E-state index in [9.17, 15) is 4.79 Å². The van der Waals surface area contributed by atoms with Crippen molar-refractivity contribution >= 4 is 5.78 Å². The summed E-state index contributed by atoms with van der Waals surface area (Å²) in [5.74, 6) is -0.0708. The zero-order chi connectivity index (χ0) is 10.8. The SMILES string of the molecule is Cc1[c-]cc(C(=O)c2nnc(C)o2)nc1.[Y]. The van der Waals surface area contributed by atoms with E-state index in [-0.39, 0.29) is 50.1 Å². The van der Waals surface area contributed by atoms with Crippen LogP contribution in [0.15, 0.2) is 16.7 Å². The molecule has 0 saturated heterocycles. The third-order valence-electron chi connectivity index (χ3n) is 1.79. The average Bonchev–Trinajstić information content (AvgIpc) is 2.65. The van der Waals surface area contributed by atoms with E-state index in [0.717, 1.165) is 5.56 Å². The number of aryl methyl sites for hydroxylation is 2. The standard InChI is InChI=1S/C10H8N3O2.Y/c1-6-3-4-8(11-5-6)9(14)10-13-12-7(2)15-10;/h4-5H,1-2H3;/q-1;. The number of hydrogen-bond acceptors (Lipinski definition) is 5. The molecule has 0 amide bonds. The molecule has 0 spiro atoms. The van der Waals surface area contributed by atoms with Crippen molar-refractivity contribution in [2.75, 3.05) is 0 Å². The molecule has 0 saturated carbocycles. The number of rotatable bonds is 2. The molecule has 5 nitrogen and oxygen atoms in total. The fourth-order valence-electron chi connectivity index (χ4n) is 1.05. The summed E-state index contributed by atoms with van der Waals surface area (Å²) in [6.45, 7) is 3.47. The van der Waals surface area contributed by atoms with E-state index in [0.29, 0.717) is 5.89 Å². The molecule has 0 N–H and O–H groups in total. The van der Waals surface area contributed by atoms with E-state index in [1.165, 1.54) is 6.07 Å². The van der Waals surface area contributed by atoms with Crippen molar-refractivity contribution < 1.29 is 41.9 Å². The van der Waals surface area contributed by atoms with E-state index in [1.807, 2.05) is 6.92 Å². The van der Waals surface area contributed by atoms with Crippen molar-refractivity contribution in [1.82, 2.24) is 15.2 Å². The zero-order valence-corrected chi connectivity index (χ0v) is 11.7. The Morgan fingerprint density at radius 2 is 2.12 bits per heavy atom. The Hall–Kier alpha value is -0.936. The van der Waals surface area contributed by atoms with Crippen molar-refractivity contribution in [1.29, 1.82) is 0 Å². The minimum absolute atomic E-state index is 0. The molecule has 0 aliphatic carbocycles. The molecule has 0 atom stereocenters. The smallest absolute Gasteiger partial charge is 0.277 e. The number of carbonyl (C=O) groups is 1. The third-order valence-corrected chi connectivity index (χ3v) is 1.79. The van der Waals surface area contributed by atoms with E-state index >= 15 is 0 Å². The fraction of sp³-hybridized carbons (Fsp3) is 0.200. The summed E-state index contributed by atoms with van der Waals surface area (Å²) >= 11 is 0. The molecular formula is C10H8N3O2Y-. The first kappa shape index (κ1) is 13.1. The second kappa shape index (κ2) is 5.41. The molecule has 0 fully saturated rings. The van der Waals surface area contributed by atoms with Gasteiger partial charge in [-0.15, -0.1) is 21.8 Å². The van der Waals surface area contributed by atoms with Gasteiger partial charge in [-0.05, 0) is 0 Å². The number of nitrogens with zero attached hydrogens (tertiary/aromatic N) is 3. The van der Waals surface area contributed by atoms with Crippen LogP contribution >= 0.6 is 0 Å². The van der Waals surface area contributed by atoms with Gasteiger partial charge in [-0.3, -0.25) is 4.79 Å². The maximum absolute atomic E-state index is 11.7. The maximum atomic E-state index is 11.7. The van der Waals surface area contributed by atoms with Gasteiger partial charge in [-0.2, -0.15) is 6.07 Å². The van der Waals surface area contributed by atoms with Crippen LogP contribution < -0.4 is 0 Å². The molecule has 79 valence electrons. The van der Waals surface area contributed by atoms with Crippen LogP contribution in [-0.2, 0) is 32.7 Å². The van der Waals surface area contributed by atoms with Crippen LogP contribution in [0.25, 0.3) is 0 Å². The molecule has 0 unspecified atom stereocenters. The number of carbonyl (C=O) groups excluding carboxylic acids is 1. The monoisotopic (exact) mass is 291 g/mol. The largest absolute Gasteiger partial charge is 0.419 e. The Balaban J connectivity index is 0.00000128. The molecule has 0 aliphatic heterocycles. The van der Waals surface area contributed by atoms with Gasteiger partial charge in [0.1, 0.15) is 0 Å². The number of hydrogen-bond donors (Lipinski definition) is 0. The summed E-state index contributed by atoms with van der Waals surface area (Å²) in [6, 6.07) is 4.40. The van der Waals surface area contributed by atoms with Crippen LogP contribution in [0.5, 0.6) is 0 Å². The Bertz CT molecular complexity index is 493. The molecule has 0 aromatic carbocycles. The Morgan fingerprint density at radius 3 is 2.62 bits per heavy atom. The first-order chi connectivity index (χ1) is 7.16. The molecular weight excluding hydrogens is 283 g/mol. The number of pyridine rings is 1. The van der Waals surface area contributed by atoms with Crippen LogP contribution in [0.4, 0.5) is 0 Å². The average molecular weight is 291 g/mol. The molecule has 16 heavy (non-hydrogen) atoms. The summed E-state index contributed by atoms with van der Waals surface area (Å²) in [7, 11) is 0. The van der Waals surface area contributed by atoms with Gasteiger partial charge in [0.05, 0.1) is 0 Å². The van der Waals surface area contributed by atoms with Gasteiger partial charge >= 0.3 is 0 Å². The van der Waals surface area contributed by atoms with Crippen LogP contribution in [0.1, 0.15) is 27.8 Å². The molecule has 0 bridgehead atoms. The predicted molar refractivity (Wildman–Crippen MR) is 50.3 cm³/mol. The minimum atomic E-state index is -0.383. The summed E-state index contributed by atoms with van der Waals surface area (Å²) in [4.78, 5) is 15.6. The van der Waals surface area contributed by atoms with Gasteiger partial charge in [0, 0.05) is 45.3 Å². The van der Waals surface area contributed by atoms with Gasteiger partial charge in [0.2, 0.25) is 11.7 Å². The topological polar surface area (TPSA) is 68.9 Å². The predicted octanol–water partition coefficient (Wildman–Crippen LogP) is 1.11. The maximum Gasteiger partial charge on any atom is 0.277 e. The van der Waals surface area contributed by atoms with Gasteiger partial charge in [-0.1, -0.05) is 13.1 Å². The molecule has 2 rings (SSSR count). The summed E-state index contributed by atoms with van der Waals surface area (Å²) in [5.41, 5.74) is 1.12. The van der Waals surface area contributed by atoms with Crippen LogP contribution in [0.2, 0.25) is 0 Å². The first-order valence-electron chi connectivity index (χ1n) is 4.36. The summed E-state index contributed by atoms with van der Waals surface area (Å²) in [6.07, 6.45) is 1.57. The van der Waals surface area contributed by atoms with Crippen molar-refractivity contribution in [2.45, 2.75) is 13.8 Å². The van der Waals surface area contributed by atoms with Gasteiger partial charge in [-0.25, -0.2) is 0 Å². The Labute approximate surface area is 118 Å². The van der Waals surface area contributed by atoms with Gasteiger partial charge < -0.3 is 9.40 Å². The van der Waals surface area contributed by atoms with Gasteiger partial charge in [0.15, 0.2) is 0 Å². The molecule has 0 aliphatic rings. The molecule has 2 aromatic heterocycles. The van der Waals surface area contributed by atoms with Gasteiger partial charge in [0.25, 0.3) is 5.89 Å².